The third kappa shape index (κ3) is 3.10. The van der Waals surface area contributed by atoms with Gasteiger partial charge in [0.25, 0.3) is 0 Å². The smallest absolute Gasteiger partial charge is 0.118 e. The van der Waals surface area contributed by atoms with Crippen molar-refractivity contribution in [2.45, 2.75) is 5.41 Å². The number of rotatable bonds is 5. The van der Waals surface area contributed by atoms with E-state index < -0.39 is 5.41 Å². The van der Waals surface area contributed by atoms with Crippen LogP contribution in [0.15, 0.2) is 116 Å². The highest BCUT2D eigenvalue weighted by atomic mass is 16.5. The molecular formula is C30H24O. The minimum absolute atomic E-state index is 0.418. The van der Waals surface area contributed by atoms with Crippen molar-refractivity contribution in [2.75, 3.05) is 7.11 Å². The van der Waals surface area contributed by atoms with Crippen LogP contribution in [0.2, 0.25) is 0 Å². The van der Waals surface area contributed by atoms with Crippen molar-refractivity contribution in [3.05, 3.63) is 138 Å². The summed E-state index contributed by atoms with van der Waals surface area (Å²) in [5.74, 6) is 0.853. The van der Waals surface area contributed by atoms with Crippen LogP contribution < -0.4 is 4.74 Å². The highest BCUT2D eigenvalue weighted by molar-refractivity contribution is 5.99. The molecule has 0 aliphatic heterocycles. The van der Waals surface area contributed by atoms with Crippen LogP contribution in [-0.2, 0) is 5.41 Å². The highest BCUT2D eigenvalue weighted by Crippen LogP contribution is 2.52. The van der Waals surface area contributed by atoms with Crippen molar-refractivity contribution >= 4 is 11.6 Å². The molecule has 1 aliphatic carbocycles. The van der Waals surface area contributed by atoms with Crippen molar-refractivity contribution in [3.63, 3.8) is 0 Å². The van der Waals surface area contributed by atoms with Gasteiger partial charge in [-0.3, -0.25) is 0 Å². The molecule has 1 heteroatoms. The van der Waals surface area contributed by atoms with Gasteiger partial charge >= 0.3 is 0 Å². The Morgan fingerprint density at radius 3 is 2.13 bits per heavy atom. The first kappa shape index (κ1) is 19.1. The lowest BCUT2D eigenvalue weighted by molar-refractivity contribution is 0.414. The van der Waals surface area contributed by atoms with E-state index in [9.17, 15) is 0 Å². The summed E-state index contributed by atoms with van der Waals surface area (Å²) < 4.78 is 5.40. The van der Waals surface area contributed by atoms with Gasteiger partial charge in [0.05, 0.1) is 12.5 Å². The van der Waals surface area contributed by atoms with Crippen molar-refractivity contribution in [2.24, 2.45) is 0 Å². The van der Waals surface area contributed by atoms with E-state index in [2.05, 4.69) is 110 Å². The third-order valence-corrected chi connectivity index (χ3v) is 6.24. The molecule has 150 valence electrons. The Bertz CT molecular complexity index is 1270. The van der Waals surface area contributed by atoms with Crippen LogP contribution in [0.3, 0.4) is 0 Å². The van der Waals surface area contributed by atoms with Crippen molar-refractivity contribution in [1.29, 1.82) is 0 Å². The second kappa shape index (κ2) is 7.77. The summed E-state index contributed by atoms with van der Waals surface area (Å²) in [5.41, 5.74) is 8.13. The zero-order valence-electron chi connectivity index (χ0n) is 17.6. The van der Waals surface area contributed by atoms with Crippen molar-refractivity contribution < 1.29 is 4.74 Å². The van der Waals surface area contributed by atoms with E-state index in [1.165, 1.54) is 39.0 Å². The Hall–Kier alpha value is -3.84. The fraction of sp³-hybridized carbons (Fsp3) is 0.0667. The Kier molecular flexibility index (Phi) is 4.80. The molecule has 1 atom stereocenters. The quantitative estimate of drug-likeness (QED) is 0.317. The first-order chi connectivity index (χ1) is 15.3. The molecule has 0 spiro atoms. The maximum absolute atomic E-state index is 5.40. The number of methoxy groups -OCH3 is 1. The van der Waals surface area contributed by atoms with E-state index in [1.807, 2.05) is 12.1 Å². The molecule has 1 unspecified atom stereocenters. The van der Waals surface area contributed by atoms with Crippen LogP contribution >= 0.6 is 0 Å². The maximum atomic E-state index is 5.40. The molecule has 0 heterocycles. The minimum Gasteiger partial charge on any atom is -0.497 e. The molecule has 0 bridgehead atoms. The predicted octanol–water partition coefficient (Wildman–Crippen LogP) is 7.39. The van der Waals surface area contributed by atoms with Crippen LogP contribution in [0.1, 0.15) is 22.3 Å². The summed E-state index contributed by atoms with van der Waals surface area (Å²) in [6.45, 7) is 4.32. The Morgan fingerprint density at radius 2 is 1.39 bits per heavy atom. The summed E-state index contributed by atoms with van der Waals surface area (Å²) in [5, 5.41) is 0. The van der Waals surface area contributed by atoms with Crippen LogP contribution in [0.5, 0.6) is 5.75 Å². The van der Waals surface area contributed by atoms with Crippen LogP contribution in [0, 0.1) is 0 Å². The van der Waals surface area contributed by atoms with E-state index in [4.69, 9.17) is 4.74 Å². The van der Waals surface area contributed by atoms with Gasteiger partial charge in [-0.05, 0) is 63.2 Å². The summed E-state index contributed by atoms with van der Waals surface area (Å²) in [6, 6.07) is 36.3. The zero-order valence-corrected chi connectivity index (χ0v) is 17.6. The minimum atomic E-state index is -0.418. The largest absolute Gasteiger partial charge is 0.497 e. The first-order valence-corrected chi connectivity index (χ1v) is 10.5. The molecule has 4 aromatic carbocycles. The summed E-state index contributed by atoms with van der Waals surface area (Å²) in [6.07, 6.45) is 4.40. The van der Waals surface area contributed by atoms with E-state index in [1.54, 1.807) is 7.11 Å². The average molecular weight is 401 g/mol. The maximum Gasteiger partial charge on any atom is 0.118 e. The SMILES string of the molecule is C=CC1(c2ccc(OC)cc2)C(c2cccc(-c3ccccc3)c2)=Cc2ccccc21. The molecular weight excluding hydrogens is 376 g/mol. The van der Waals surface area contributed by atoms with Gasteiger partial charge in [-0.25, -0.2) is 0 Å². The fourth-order valence-electron chi connectivity index (χ4n) is 4.71. The predicted molar refractivity (Wildman–Crippen MR) is 130 cm³/mol. The van der Waals surface area contributed by atoms with E-state index in [0.717, 1.165) is 5.75 Å². The van der Waals surface area contributed by atoms with Gasteiger partial charge < -0.3 is 4.74 Å². The Labute approximate surface area is 184 Å². The van der Waals surface area contributed by atoms with E-state index in [0.29, 0.717) is 0 Å². The summed E-state index contributed by atoms with van der Waals surface area (Å²) in [7, 11) is 1.70. The van der Waals surface area contributed by atoms with Crippen LogP contribution in [0.25, 0.3) is 22.8 Å². The lowest BCUT2D eigenvalue weighted by Crippen LogP contribution is -2.24. The number of ether oxygens (including phenoxy) is 1. The van der Waals surface area contributed by atoms with Crippen molar-refractivity contribution in [1.82, 2.24) is 0 Å². The van der Waals surface area contributed by atoms with Gasteiger partial charge in [0, 0.05) is 0 Å². The molecule has 0 radical (unpaired) electrons. The molecule has 1 nitrogen and oxygen atoms in total. The van der Waals surface area contributed by atoms with Crippen molar-refractivity contribution in [3.8, 4) is 16.9 Å². The van der Waals surface area contributed by atoms with Gasteiger partial charge in [-0.2, -0.15) is 0 Å². The van der Waals surface area contributed by atoms with E-state index >= 15 is 0 Å². The molecule has 4 aromatic rings. The van der Waals surface area contributed by atoms with E-state index in [-0.39, 0.29) is 0 Å². The zero-order chi connectivity index (χ0) is 21.3. The molecule has 1 aliphatic rings. The van der Waals surface area contributed by atoms with Gasteiger partial charge in [0.15, 0.2) is 0 Å². The first-order valence-electron chi connectivity index (χ1n) is 10.5. The third-order valence-electron chi connectivity index (χ3n) is 6.24. The Morgan fingerprint density at radius 1 is 0.710 bits per heavy atom. The van der Waals surface area contributed by atoms with Crippen LogP contribution in [-0.4, -0.2) is 7.11 Å². The molecule has 31 heavy (non-hydrogen) atoms. The number of benzene rings is 4. The standard InChI is InChI=1S/C30H24O/c1-3-30(26-16-18-27(31-2)19-17-26)28-15-8-7-12-25(28)21-29(30)24-14-9-13-23(20-24)22-10-5-4-6-11-22/h3-21H,1H2,2H3. The lowest BCUT2D eigenvalue weighted by Gasteiger charge is -2.32. The van der Waals surface area contributed by atoms with Gasteiger partial charge in [0.1, 0.15) is 5.75 Å². The fourth-order valence-corrected chi connectivity index (χ4v) is 4.71. The second-order valence-corrected chi connectivity index (χ2v) is 7.83. The molecule has 0 aromatic heterocycles. The van der Waals surface area contributed by atoms with Gasteiger partial charge in [-0.1, -0.05) is 91.0 Å². The normalized spacial score (nSPS) is 17.0. The molecule has 0 N–H and O–H groups in total. The number of fused-ring (bicyclic) bond motifs is 1. The highest BCUT2D eigenvalue weighted by Gasteiger charge is 2.41. The second-order valence-electron chi connectivity index (χ2n) is 7.83. The van der Waals surface area contributed by atoms with Gasteiger partial charge in [-0.15, -0.1) is 6.58 Å². The summed E-state index contributed by atoms with van der Waals surface area (Å²) >= 11 is 0. The molecule has 0 fully saturated rings. The molecule has 0 amide bonds. The molecule has 0 saturated carbocycles. The number of hydrogen-bond acceptors (Lipinski definition) is 1. The molecule has 0 saturated heterocycles. The topological polar surface area (TPSA) is 9.23 Å². The average Bonchev–Trinajstić information content (AvgIpc) is 3.20. The number of allylic oxidation sites excluding steroid dienone is 2. The summed E-state index contributed by atoms with van der Waals surface area (Å²) in [4.78, 5) is 0. The monoisotopic (exact) mass is 400 g/mol. The van der Waals surface area contributed by atoms with Crippen LogP contribution in [0.4, 0.5) is 0 Å². The lowest BCUT2D eigenvalue weighted by atomic mass is 9.70. The van der Waals surface area contributed by atoms with Gasteiger partial charge in [0.2, 0.25) is 0 Å². The number of hydrogen-bond donors (Lipinski definition) is 0. The molecule has 5 rings (SSSR count). The Balaban J connectivity index is 1.71.